The molecule has 0 aromatic carbocycles. The Balaban J connectivity index is 2.87. The SMILES string of the molecule is CCCCOC(=O)C1(CC)CCC(=O)N1C(=O)O. The molecule has 1 unspecified atom stereocenters. The van der Waals surface area contributed by atoms with Gasteiger partial charge in [-0.05, 0) is 19.3 Å². The number of imide groups is 1. The fraction of sp³-hybridized carbons (Fsp3) is 0.750. The molecule has 0 saturated carbocycles. The van der Waals surface area contributed by atoms with Crippen molar-refractivity contribution in [2.24, 2.45) is 0 Å². The van der Waals surface area contributed by atoms with Gasteiger partial charge in [-0.1, -0.05) is 20.3 Å². The fourth-order valence-electron chi connectivity index (χ4n) is 2.18. The second-order valence-corrected chi connectivity index (χ2v) is 4.39. The van der Waals surface area contributed by atoms with Gasteiger partial charge >= 0.3 is 12.1 Å². The Kier molecular flexibility index (Phi) is 4.69. The Labute approximate surface area is 106 Å². The lowest BCUT2D eigenvalue weighted by atomic mass is 9.93. The zero-order chi connectivity index (χ0) is 13.8. The molecule has 1 heterocycles. The maximum Gasteiger partial charge on any atom is 0.415 e. The Morgan fingerprint density at radius 2 is 2.11 bits per heavy atom. The molecule has 0 bridgehead atoms. The summed E-state index contributed by atoms with van der Waals surface area (Å²) in [6.45, 7) is 3.92. The van der Waals surface area contributed by atoms with Crippen LogP contribution in [0.15, 0.2) is 0 Å². The predicted molar refractivity (Wildman–Crippen MR) is 63.0 cm³/mol. The second kappa shape index (κ2) is 5.84. The van der Waals surface area contributed by atoms with Crippen LogP contribution in [0, 0.1) is 0 Å². The summed E-state index contributed by atoms with van der Waals surface area (Å²) < 4.78 is 5.09. The van der Waals surface area contributed by atoms with Crippen molar-refractivity contribution >= 4 is 18.0 Å². The van der Waals surface area contributed by atoms with Gasteiger partial charge in [0.2, 0.25) is 5.91 Å². The Morgan fingerprint density at radius 3 is 2.61 bits per heavy atom. The van der Waals surface area contributed by atoms with Crippen LogP contribution in [0.25, 0.3) is 0 Å². The molecule has 1 atom stereocenters. The van der Waals surface area contributed by atoms with Gasteiger partial charge in [0.25, 0.3) is 0 Å². The zero-order valence-electron chi connectivity index (χ0n) is 10.8. The Bertz CT molecular complexity index is 354. The molecular weight excluding hydrogens is 238 g/mol. The highest BCUT2D eigenvalue weighted by atomic mass is 16.5. The van der Waals surface area contributed by atoms with Gasteiger partial charge in [-0.15, -0.1) is 0 Å². The average Bonchev–Trinajstić information content (AvgIpc) is 2.67. The number of amides is 2. The van der Waals surface area contributed by atoms with Crippen LogP contribution < -0.4 is 0 Å². The highest BCUT2D eigenvalue weighted by Gasteiger charge is 2.54. The molecule has 0 aromatic rings. The highest BCUT2D eigenvalue weighted by molar-refractivity contribution is 6.01. The Hall–Kier alpha value is -1.59. The van der Waals surface area contributed by atoms with Crippen molar-refractivity contribution in [2.45, 2.75) is 51.5 Å². The summed E-state index contributed by atoms with van der Waals surface area (Å²) in [6.07, 6.45) is 0.755. The van der Waals surface area contributed by atoms with Crippen LogP contribution in [0.4, 0.5) is 4.79 Å². The second-order valence-electron chi connectivity index (χ2n) is 4.39. The first-order valence-electron chi connectivity index (χ1n) is 6.22. The molecule has 6 heteroatoms. The first-order valence-corrected chi connectivity index (χ1v) is 6.22. The fourth-order valence-corrected chi connectivity index (χ4v) is 2.18. The average molecular weight is 257 g/mol. The van der Waals surface area contributed by atoms with Crippen LogP contribution in [-0.2, 0) is 14.3 Å². The van der Waals surface area contributed by atoms with E-state index in [0.717, 1.165) is 12.8 Å². The summed E-state index contributed by atoms with van der Waals surface area (Å²) in [5, 5.41) is 9.07. The molecule has 1 fully saturated rings. The predicted octanol–water partition coefficient (Wildman–Crippen LogP) is 1.78. The normalized spacial score (nSPS) is 23.2. The smallest absolute Gasteiger partial charge is 0.415 e. The van der Waals surface area contributed by atoms with Crippen LogP contribution in [0.1, 0.15) is 46.0 Å². The molecule has 0 spiro atoms. The van der Waals surface area contributed by atoms with E-state index in [1.54, 1.807) is 6.92 Å². The van der Waals surface area contributed by atoms with E-state index in [1.807, 2.05) is 6.92 Å². The quantitative estimate of drug-likeness (QED) is 0.599. The van der Waals surface area contributed by atoms with Crippen molar-refractivity contribution < 1.29 is 24.2 Å². The molecule has 0 radical (unpaired) electrons. The lowest BCUT2D eigenvalue weighted by molar-refractivity contribution is -0.158. The lowest BCUT2D eigenvalue weighted by Gasteiger charge is -2.31. The molecule has 102 valence electrons. The summed E-state index contributed by atoms with van der Waals surface area (Å²) in [6, 6.07) is 0. The number of nitrogens with zero attached hydrogens (tertiary/aromatic N) is 1. The van der Waals surface area contributed by atoms with Crippen LogP contribution in [0.3, 0.4) is 0 Å². The number of likely N-dealkylation sites (tertiary alicyclic amines) is 1. The first-order chi connectivity index (χ1) is 8.49. The van der Waals surface area contributed by atoms with Gasteiger partial charge in [0.15, 0.2) is 5.54 Å². The number of esters is 1. The van der Waals surface area contributed by atoms with E-state index in [1.165, 1.54) is 0 Å². The summed E-state index contributed by atoms with van der Waals surface area (Å²) in [4.78, 5) is 35.4. The summed E-state index contributed by atoms with van der Waals surface area (Å²) in [5.41, 5.74) is -1.32. The van der Waals surface area contributed by atoms with Gasteiger partial charge in [0.05, 0.1) is 6.61 Å². The van der Waals surface area contributed by atoms with E-state index in [4.69, 9.17) is 9.84 Å². The maximum absolute atomic E-state index is 12.1. The number of carbonyl (C=O) groups excluding carboxylic acids is 2. The monoisotopic (exact) mass is 257 g/mol. The van der Waals surface area contributed by atoms with Gasteiger partial charge < -0.3 is 9.84 Å². The van der Waals surface area contributed by atoms with Crippen LogP contribution in [0.5, 0.6) is 0 Å². The van der Waals surface area contributed by atoms with E-state index >= 15 is 0 Å². The number of hydrogen-bond donors (Lipinski definition) is 1. The minimum Gasteiger partial charge on any atom is -0.465 e. The van der Waals surface area contributed by atoms with Crippen LogP contribution >= 0.6 is 0 Å². The largest absolute Gasteiger partial charge is 0.465 e. The first kappa shape index (κ1) is 14.5. The molecule has 6 nitrogen and oxygen atoms in total. The van der Waals surface area contributed by atoms with Gasteiger partial charge in [0.1, 0.15) is 0 Å². The Morgan fingerprint density at radius 1 is 1.44 bits per heavy atom. The van der Waals surface area contributed by atoms with Crippen LogP contribution in [-0.4, -0.2) is 40.1 Å². The standard InChI is InChI=1S/C12H19NO5/c1-3-5-8-18-10(15)12(4-2)7-6-9(14)13(12)11(16)17/h3-8H2,1-2H3,(H,16,17). The highest BCUT2D eigenvalue weighted by Crippen LogP contribution is 2.34. The molecule has 0 aromatic heterocycles. The van der Waals surface area contributed by atoms with E-state index in [0.29, 0.717) is 4.90 Å². The minimum atomic E-state index is -1.38. The summed E-state index contributed by atoms with van der Waals surface area (Å²) >= 11 is 0. The number of carbonyl (C=O) groups is 3. The van der Waals surface area contributed by atoms with Crippen molar-refractivity contribution in [1.82, 2.24) is 4.90 Å². The molecular formula is C12H19NO5. The van der Waals surface area contributed by atoms with Crippen molar-refractivity contribution in [3.05, 3.63) is 0 Å². The zero-order valence-corrected chi connectivity index (χ0v) is 10.8. The topological polar surface area (TPSA) is 83.9 Å². The van der Waals surface area contributed by atoms with Crippen molar-refractivity contribution in [2.75, 3.05) is 6.61 Å². The molecule has 1 rings (SSSR count). The third-order valence-corrected chi connectivity index (χ3v) is 3.32. The molecule has 1 saturated heterocycles. The van der Waals surface area contributed by atoms with E-state index in [2.05, 4.69) is 0 Å². The molecule has 1 N–H and O–H groups in total. The summed E-state index contributed by atoms with van der Waals surface area (Å²) in [7, 11) is 0. The lowest BCUT2D eigenvalue weighted by Crippen LogP contribution is -2.54. The van der Waals surface area contributed by atoms with Gasteiger partial charge in [-0.3, -0.25) is 4.79 Å². The molecule has 1 aliphatic rings. The van der Waals surface area contributed by atoms with Crippen LogP contribution in [0.2, 0.25) is 0 Å². The molecule has 1 aliphatic heterocycles. The number of carboxylic acid groups (broad SMARTS) is 1. The number of rotatable bonds is 5. The van der Waals surface area contributed by atoms with E-state index < -0.39 is 23.5 Å². The maximum atomic E-state index is 12.1. The summed E-state index contributed by atoms with van der Waals surface area (Å²) in [5.74, 6) is -1.14. The van der Waals surface area contributed by atoms with E-state index in [9.17, 15) is 14.4 Å². The molecule has 18 heavy (non-hydrogen) atoms. The van der Waals surface area contributed by atoms with Crippen molar-refractivity contribution in [3.8, 4) is 0 Å². The van der Waals surface area contributed by atoms with Gasteiger partial charge in [-0.25, -0.2) is 14.5 Å². The molecule has 2 amide bonds. The number of ether oxygens (including phenoxy) is 1. The van der Waals surface area contributed by atoms with Gasteiger partial charge in [-0.2, -0.15) is 0 Å². The molecule has 0 aliphatic carbocycles. The third-order valence-electron chi connectivity index (χ3n) is 3.32. The third kappa shape index (κ3) is 2.47. The minimum absolute atomic E-state index is 0.0724. The number of hydrogen-bond acceptors (Lipinski definition) is 4. The number of unbranched alkanes of at least 4 members (excludes halogenated alkanes) is 1. The van der Waals surface area contributed by atoms with Gasteiger partial charge in [0, 0.05) is 6.42 Å². The van der Waals surface area contributed by atoms with Crippen molar-refractivity contribution in [1.29, 1.82) is 0 Å². The van der Waals surface area contributed by atoms with E-state index in [-0.39, 0.29) is 25.9 Å². The van der Waals surface area contributed by atoms with Crippen molar-refractivity contribution in [3.63, 3.8) is 0 Å².